The van der Waals surface area contributed by atoms with Crippen molar-refractivity contribution in [2.24, 2.45) is 5.73 Å². The Morgan fingerprint density at radius 2 is 2.12 bits per heavy atom. The molecule has 0 aromatic heterocycles. The summed E-state index contributed by atoms with van der Waals surface area (Å²) < 4.78 is 6.05. The van der Waals surface area contributed by atoms with Gasteiger partial charge in [-0.15, -0.1) is 6.58 Å². The van der Waals surface area contributed by atoms with Crippen LogP contribution in [-0.2, 0) is 16.1 Å². The van der Waals surface area contributed by atoms with Gasteiger partial charge in [-0.1, -0.05) is 34.1 Å². The predicted octanol–water partition coefficient (Wildman–Crippen LogP) is 2.40. The number of esters is 1. The van der Waals surface area contributed by atoms with E-state index in [-0.39, 0.29) is 6.61 Å². The first-order valence-corrected chi connectivity index (χ1v) is 5.70. The molecule has 0 saturated heterocycles. The molecule has 4 heteroatoms. The summed E-state index contributed by atoms with van der Waals surface area (Å²) in [5, 5.41) is 0. The quantitative estimate of drug-likeness (QED) is 0.667. The summed E-state index contributed by atoms with van der Waals surface area (Å²) in [6.45, 7) is 3.77. The minimum atomic E-state index is -0.618. The highest BCUT2D eigenvalue weighted by Crippen LogP contribution is 2.11. The number of ether oxygens (including phenoxy) is 1. The molecule has 0 aliphatic heterocycles. The van der Waals surface area contributed by atoms with Crippen molar-refractivity contribution in [1.82, 2.24) is 0 Å². The van der Waals surface area contributed by atoms with Crippen LogP contribution in [0.2, 0.25) is 0 Å². The van der Waals surface area contributed by atoms with Gasteiger partial charge in [-0.05, 0) is 24.1 Å². The smallest absolute Gasteiger partial charge is 0.323 e. The van der Waals surface area contributed by atoms with Crippen LogP contribution in [0.4, 0.5) is 0 Å². The standard InChI is InChI=1S/C12H14BrNO2/c1-2-3-11(14)12(15)16-8-9-4-6-10(13)7-5-9/h2,4-7,11H,1,3,8,14H2. The molecule has 0 aliphatic rings. The third-order valence-corrected chi connectivity index (χ3v) is 2.55. The summed E-state index contributed by atoms with van der Waals surface area (Å²) in [5.41, 5.74) is 6.50. The maximum Gasteiger partial charge on any atom is 0.323 e. The third-order valence-electron chi connectivity index (χ3n) is 2.02. The molecule has 1 atom stereocenters. The molecule has 0 heterocycles. The zero-order valence-corrected chi connectivity index (χ0v) is 10.4. The van der Waals surface area contributed by atoms with Gasteiger partial charge in [0.05, 0.1) is 0 Å². The van der Waals surface area contributed by atoms with E-state index in [1.54, 1.807) is 6.08 Å². The van der Waals surface area contributed by atoms with Crippen molar-refractivity contribution in [3.63, 3.8) is 0 Å². The molecule has 0 bridgehead atoms. The van der Waals surface area contributed by atoms with Gasteiger partial charge in [0.1, 0.15) is 12.6 Å². The molecule has 1 unspecified atom stereocenters. The second-order valence-electron chi connectivity index (χ2n) is 3.37. The Morgan fingerprint density at radius 1 is 1.50 bits per heavy atom. The van der Waals surface area contributed by atoms with Crippen molar-refractivity contribution in [3.8, 4) is 0 Å². The molecule has 1 rings (SSSR count). The molecular weight excluding hydrogens is 270 g/mol. The van der Waals surface area contributed by atoms with E-state index in [1.807, 2.05) is 24.3 Å². The first kappa shape index (κ1) is 12.9. The number of carbonyl (C=O) groups is 1. The Hall–Kier alpha value is -1.13. The number of rotatable bonds is 5. The van der Waals surface area contributed by atoms with Crippen LogP contribution in [0, 0.1) is 0 Å². The van der Waals surface area contributed by atoms with E-state index in [9.17, 15) is 4.79 Å². The van der Waals surface area contributed by atoms with Crippen molar-refractivity contribution in [2.75, 3.05) is 0 Å². The summed E-state index contributed by atoms with van der Waals surface area (Å²) >= 11 is 3.33. The lowest BCUT2D eigenvalue weighted by Gasteiger charge is -2.09. The van der Waals surface area contributed by atoms with E-state index in [2.05, 4.69) is 22.5 Å². The zero-order chi connectivity index (χ0) is 12.0. The predicted molar refractivity (Wildman–Crippen MR) is 66.7 cm³/mol. The van der Waals surface area contributed by atoms with Gasteiger partial charge in [0.15, 0.2) is 0 Å². The van der Waals surface area contributed by atoms with Gasteiger partial charge in [0, 0.05) is 4.47 Å². The number of carbonyl (C=O) groups excluding carboxylic acids is 1. The molecule has 16 heavy (non-hydrogen) atoms. The van der Waals surface area contributed by atoms with Crippen molar-refractivity contribution in [3.05, 3.63) is 47.0 Å². The SMILES string of the molecule is C=CCC(N)C(=O)OCc1ccc(Br)cc1. The van der Waals surface area contributed by atoms with Gasteiger partial charge in [-0.25, -0.2) is 0 Å². The van der Waals surface area contributed by atoms with Crippen molar-refractivity contribution in [1.29, 1.82) is 0 Å². The molecule has 0 saturated carbocycles. The molecule has 0 amide bonds. The monoisotopic (exact) mass is 283 g/mol. The minimum Gasteiger partial charge on any atom is -0.460 e. The van der Waals surface area contributed by atoms with E-state index in [4.69, 9.17) is 10.5 Å². The Labute approximate surface area is 103 Å². The Kier molecular flexibility index (Phi) is 5.22. The van der Waals surface area contributed by atoms with Gasteiger partial charge in [0.25, 0.3) is 0 Å². The van der Waals surface area contributed by atoms with Crippen molar-refractivity contribution in [2.45, 2.75) is 19.1 Å². The summed E-state index contributed by atoms with van der Waals surface area (Å²) in [5.74, 6) is -0.400. The second kappa shape index (κ2) is 6.45. The lowest BCUT2D eigenvalue weighted by molar-refractivity contribution is -0.146. The Bertz CT molecular complexity index is 362. The van der Waals surface area contributed by atoms with Crippen LogP contribution < -0.4 is 5.73 Å². The summed E-state index contributed by atoms with van der Waals surface area (Å²) in [7, 11) is 0. The topological polar surface area (TPSA) is 52.3 Å². The summed E-state index contributed by atoms with van der Waals surface area (Å²) in [4.78, 5) is 11.4. The normalized spacial score (nSPS) is 11.9. The number of hydrogen-bond donors (Lipinski definition) is 1. The lowest BCUT2D eigenvalue weighted by Crippen LogP contribution is -2.31. The van der Waals surface area contributed by atoms with Gasteiger partial charge < -0.3 is 10.5 Å². The summed E-state index contributed by atoms with van der Waals surface area (Å²) in [6.07, 6.45) is 2.03. The van der Waals surface area contributed by atoms with Crippen LogP contribution >= 0.6 is 15.9 Å². The molecule has 3 nitrogen and oxygen atoms in total. The third kappa shape index (κ3) is 4.16. The van der Waals surface area contributed by atoms with E-state index < -0.39 is 12.0 Å². The molecule has 0 fully saturated rings. The van der Waals surface area contributed by atoms with Gasteiger partial charge in [-0.3, -0.25) is 4.79 Å². The number of hydrogen-bond acceptors (Lipinski definition) is 3. The van der Waals surface area contributed by atoms with Crippen LogP contribution in [0.3, 0.4) is 0 Å². The van der Waals surface area contributed by atoms with Gasteiger partial charge >= 0.3 is 5.97 Å². The van der Waals surface area contributed by atoms with Crippen LogP contribution in [0.5, 0.6) is 0 Å². The lowest BCUT2D eigenvalue weighted by atomic mass is 10.2. The summed E-state index contributed by atoms with van der Waals surface area (Å²) in [6, 6.07) is 6.94. The number of nitrogens with two attached hydrogens (primary N) is 1. The molecule has 2 N–H and O–H groups in total. The first-order chi connectivity index (χ1) is 7.63. The van der Waals surface area contributed by atoms with Crippen LogP contribution in [0.25, 0.3) is 0 Å². The molecular formula is C12H14BrNO2. The molecule has 86 valence electrons. The molecule has 1 aromatic carbocycles. The van der Waals surface area contributed by atoms with E-state index in [0.717, 1.165) is 10.0 Å². The average molecular weight is 284 g/mol. The fraction of sp³-hybridized carbons (Fsp3) is 0.250. The van der Waals surface area contributed by atoms with Crippen LogP contribution in [-0.4, -0.2) is 12.0 Å². The van der Waals surface area contributed by atoms with Gasteiger partial charge in [0.2, 0.25) is 0 Å². The van der Waals surface area contributed by atoms with E-state index in [0.29, 0.717) is 6.42 Å². The van der Waals surface area contributed by atoms with Gasteiger partial charge in [-0.2, -0.15) is 0 Å². The highest BCUT2D eigenvalue weighted by atomic mass is 79.9. The maximum atomic E-state index is 11.4. The minimum absolute atomic E-state index is 0.247. The fourth-order valence-electron chi connectivity index (χ4n) is 1.12. The molecule has 0 aliphatic carbocycles. The maximum absolute atomic E-state index is 11.4. The number of halogens is 1. The zero-order valence-electron chi connectivity index (χ0n) is 8.86. The largest absolute Gasteiger partial charge is 0.460 e. The van der Waals surface area contributed by atoms with E-state index in [1.165, 1.54) is 0 Å². The highest BCUT2D eigenvalue weighted by molar-refractivity contribution is 9.10. The average Bonchev–Trinajstić information content (AvgIpc) is 2.28. The van der Waals surface area contributed by atoms with Crippen molar-refractivity contribution < 1.29 is 9.53 Å². The molecule has 0 radical (unpaired) electrons. The number of benzene rings is 1. The first-order valence-electron chi connectivity index (χ1n) is 4.91. The highest BCUT2D eigenvalue weighted by Gasteiger charge is 2.12. The van der Waals surface area contributed by atoms with Crippen LogP contribution in [0.15, 0.2) is 41.4 Å². The second-order valence-corrected chi connectivity index (χ2v) is 4.28. The molecule has 0 spiro atoms. The molecule has 1 aromatic rings. The fourth-order valence-corrected chi connectivity index (χ4v) is 1.38. The Morgan fingerprint density at radius 3 is 2.69 bits per heavy atom. The van der Waals surface area contributed by atoms with Crippen LogP contribution in [0.1, 0.15) is 12.0 Å². The van der Waals surface area contributed by atoms with E-state index >= 15 is 0 Å². The Balaban J connectivity index is 2.42. The van der Waals surface area contributed by atoms with Crippen molar-refractivity contribution >= 4 is 21.9 Å².